The number of methoxy groups -OCH3 is 1. The third-order valence-electron chi connectivity index (χ3n) is 3.31. The van der Waals surface area contributed by atoms with Gasteiger partial charge in [-0.2, -0.15) is 0 Å². The monoisotopic (exact) mass is 264 g/mol. The molecule has 0 bridgehead atoms. The van der Waals surface area contributed by atoms with Crippen LogP contribution >= 0.6 is 0 Å². The third-order valence-corrected chi connectivity index (χ3v) is 3.31. The molecule has 0 atom stereocenters. The van der Waals surface area contributed by atoms with E-state index in [1.165, 1.54) is 16.3 Å². The molecular formula is C17H16N2O. The average Bonchev–Trinajstić information content (AvgIpc) is 2.53. The average molecular weight is 264 g/mol. The van der Waals surface area contributed by atoms with Gasteiger partial charge in [-0.1, -0.05) is 42.5 Å². The first-order chi connectivity index (χ1) is 9.86. The van der Waals surface area contributed by atoms with E-state index in [1.54, 1.807) is 13.3 Å². The largest absolute Gasteiger partial charge is 0.481 e. The quantitative estimate of drug-likeness (QED) is 0.777. The standard InChI is InChI=1S/C17H16N2O/c1-20-17-11-15(9-10-18-17)19-12-14-7-4-6-13-5-2-3-8-16(13)14/h2-11H,12H2,1H3,(H,18,19). The van der Waals surface area contributed by atoms with Gasteiger partial charge in [0.15, 0.2) is 0 Å². The van der Waals surface area contributed by atoms with Gasteiger partial charge >= 0.3 is 0 Å². The molecule has 3 rings (SSSR count). The van der Waals surface area contributed by atoms with Crippen LogP contribution in [0.3, 0.4) is 0 Å². The number of nitrogens with zero attached hydrogens (tertiary/aromatic N) is 1. The van der Waals surface area contributed by atoms with Crippen molar-refractivity contribution < 1.29 is 4.74 Å². The zero-order valence-corrected chi connectivity index (χ0v) is 11.3. The fraction of sp³-hybridized carbons (Fsp3) is 0.118. The molecule has 0 saturated heterocycles. The van der Waals surface area contributed by atoms with Crippen LogP contribution in [0.2, 0.25) is 0 Å². The van der Waals surface area contributed by atoms with E-state index in [2.05, 4.69) is 52.8 Å². The zero-order valence-electron chi connectivity index (χ0n) is 11.3. The summed E-state index contributed by atoms with van der Waals surface area (Å²) >= 11 is 0. The minimum atomic E-state index is 0.618. The lowest BCUT2D eigenvalue weighted by atomic mass is 10.0. The minimum absolute atomic E-state index is 0.618. The van der Waals surface area contributed by atoms with E-state index in [4.69, 9.17) is 4.74 Å². The smallest absolute Gasteiger partial charge is 0.214 e. The molecule has 0 aliphatic heterocycles. The lowest BCUT2D eigenvalue weighted by molar-refractivity contribution is 0.398. The molecule has 3 heteroatoms. The Kier molecular flexibility index (Phi) is 3.50. The summed E-state index contributed by atoms with van der Waals surface area (Å²) in [6.07, 6.45) is 1.74. The number of rotatable bonds is 4. The molecule has 0 aliphatic rings. The van der Waals surface area contributed by atoms with E-state index in [0.29, 0.717) is 5.88 Å². The number of aromatic nitrogens is 1. The molecule has 0 spiro atoms. The van der Waals surface area contributed by atoms with Crippen molar-refractivity contribution in [1.82, 2.24) is 4.98 Å². The number of hydrogen-bond donors (Lipinski definition) is 1. The van der Waals surface area contributed by atoms with Gasteiger partial charge in [-0.15, -0.1) is 0 Å². The number of benzene rings is 2. The van der Waals surface area contributed by atoms with Crippen molar-refractivity contribution in [2.24, 2.45) is 0 Å². The maximum Gasteiger partial charge on any atom is 0.214 e. The fourth-order valence-corrected chi connectivity index (χ4v) is 2.27. The second kappa shape index (κ2) is 5.61. The van der Waals surface area contributed by atoms with Gasteiger partial charge in [0.05, 0.1) is 7.11 Å². The number of ether oxygens (including phenoxy) is 1. The van der Waals surface area contributed by atoms with Crippen LogP contribution in [-0.2, 0) is 6.54 Å². The highest BCUT2D eigenvalue weighted by molar-refractivity contribution is 5.85. The van der Waals surface area contributed by atoms with Crippen LogP contribution in [0.15, 0.2) is 60.8 Å². The first kappa shape index (κ1) is 12.5. The summed E-state index contributed by atoms with van der Waals surface area (Å²) < 4.78 is 5.13. The highest BCUT2D eigenvalue weighted by atomic mass is 16.5. The van der Waals surface area contributed by atoms with E-state index < -0.39 is 0 Å². The van der Waals surface area contributed by atoms with E-state index >= 15 is 0 Å². The molecule has 100 valence electrons. The maximum atomic E-state index is 5.13. The summed E-state index contributed by atoms with van der Waals surface area (Å²) in [4.78, 5) is 4.10. The van der Waals surface area contributed by atoms with Crippen molar-refractivity contribution in [2.75, 3.05) is 12.4 Å². The fourth-order valence-electron chi connectivity index (χ4n) is 2.27. The molecule has 0 unspecified atom stereocenters. The van der Waals surface area contributed by atoms with Crippen molar-refractivity contribution in [3.05, 3.63) is 66.4 Å². The topological polar surface area (TPSA) is 34.1 Å². The molecular weight excluding hydrogens is 248 g/mol. The highest BCUT2D eigenvalue weighted by Crippen LogP contribution is 2.20. The Morgan fingerprint density at radius 2 is 1.90 bits per heavy atom. The number of hydrogen-bond acceptors (Lipinski definition) is 3. The SMILES string of the molecule is COc1cc(NCc2cccc3ccccc23)ccn1. The van der Waals surface area contributed by atoms with E-state index in [9.17, 15) is 0 Å². The van der Waals surface area contributed by atoms with Gasteiger partial charge < -0.3 is 10.1 Å². The molecule has 0 saturated carbocycles. The Labute approximate surface area is 118 Å². The van der Waals surface area contributed by atoms with Crippen LogP contribution in [0.5, 0.6) is 5.88 Å². The number of fused-ring (bicyclic) bond motifs is 1. The molecule has 0 radical (unpaired) electrons. The van der Waals surface area contributed by atoms with Crippen LogP contribution in [0.4, 0.5) is 5.69 Å². The molecule has 20 heavy (non-hydrogen) atoms. The lowest BCUT2D eigenvalue weighted by Crippen LogP contribution is -2.00. The number of nitrogens with one attached hydrogen (secondary N) is 1. The Bertz CT molecular complexity index is 720. The predicted octanol–water partition coefficient (Wildman–Crippen LogP) is 3.86. The van der Waals surface area contributed by atoms with Gasteiger partial charge in [0.1, 0.15) is 0 Å². The third kappa shape index (κ3) is 2.57. The molecule has 1 aromatic heterocycles. The lowest BCUT2D eigenvalue weighted by Gasteiger charge is -2.10. The minimum Gasteiger partial charge on any atom is -0.481 e. The van der Waals surface area contributed by atoms with Crippen LogP contribution in [-0.4, -0.2) is 12.1 Å². The summed E-state index contributed by atoms with van der Waals surface area (Å²) in [7, 11) is 1.62. The zero-order chi connectivity index (χ0) is 13.8. The second-order valence-corrected chi connectivity index (χ2v) is 4.58. The Balaban J connectivity index is 1.83. The highest BCUT2D eigenvalue weighted by Gasteiger charge is 2.01. The summed E-state index contributed by atoms with van der Waals surface area (Å²) in [5.74, 6) is 0.618. The molecule has 0 amide bonds. The molecule has 1 heterocycles. The van der Waals surface area contributed by atoms with Crippen molar-refractivity contribution in [1.29, 1.82) is 0 Å². The maximum absolute atomic E-state index is 5.13. The summed E-state index contributed by atoms with van der Waals surface area (Å²) in [6.45, 7) is 0.772. The van der Waals surface area contributed by atoms with E-state index in [0.717, 1.165) is 12.2 Å². The van der Waals surface area contributed by atoms with Crippen LogP contribution in [0, 0.1) is 0 Å². The normalized spacial score (nSPS) is 10.4. The molecule has 0 aliphatic carbocycles. The summed E-state index contributed by atoms with van der Waals surface area (Å²) in [5, 5.41) is 5.95. The van der Waals surface area contributed by atoms with Gasteiger partial charge in [-0.3, -0.25) is 0 Å². The van der Waals surface area contributed by atoms with Crippen molar-refractivity contribution in [2.45, 2.75) is 6.54 Å². The molecule has 3 aromatic rings. The van der Waals surface area contributed by atoms with Crippen LogP contribution in [0.1, 0.15) is 5.56 Å². The first-order valence-electron chi connectivity index (χ1n) is 6.57. The first-order valence-corrected chi connectivity index (χ1v) is 6.57. The van der Waals surface area contributed by atoms with Crippen molar-refractivity contribution >= 4 is 16.5 Å². The van der Waals surface area contributed by atoms with Gasteiger partial charge in [0.25, 0.3) is 0 Å². The summed E-state index contributed by atoms with van der Waals surface area (Å²) in [5.41, 5.74) is 2.28. The van der Waals surface area contributed by atoms with Crippen molar-refractivity contribution in [3.8, 4) is 5.88 Å². The van der Waals surface area contributed by atoms with Crippen molar-refractivity contribution in [3.63, 3.8) is 0 Å². The number of anilines is 1. The van der Waals surface area contributed by atoms with E-state index in [-0.39, 0.29) is 0 Å². The van der Waals surface area contributed by atoms with Gasteiger partial charge in [0, 0.05) is 24.5 Å². The molecule has 3 nitrogen and oxygen atoms in total. The molecule has 1 N–H and O–H groups in total. The van der Waals surface area contributed by atoms with Gasteiger partial charge in [0.2, 0.25) is 5.88 Å². The van der Waals surface area contributed by atoms with Crippen LogP contribution in [0.25, 0.3) is 10.8 Å². The van der Waals surface area contributed by atoms with E-state index in [1.807, 2.05) is 12.1 Å². The summed E-state index contributed by atoms with van der Waals surface area (Å²) in [6, 6.07) is 18.6. The Morgan fingerprint density at radius 3 is 2.80 bits per heavy atom. The van der Waals surface area contributed by atoms with Crippen LogP contribution < -0.4 is 10.1 Å². The number of pyridine rings is 1. The Morgan fingerprint density at radius 1 is 1.05 bits per heavy atom. The second-order valence-electron chi connectivity index (χ2n) is 4.58. The van der Waals surface area contributed by atoms with Gasteiger partial charge in [-0.05, 0) is 22.4 Å². The molecule has 0 fully saturated rings. The predicted molar refractivity (Wildman–Crippen MR) is 82.1 cm³/mol. The van der Waals surface area contributed by atoms with Gasteiger partial charge in [-0.25, -0.2) is 4.98 Å². The molecule has 2 aromatic carbocycles. The Hall–Kier alpha value is -2.55.